The highest BCUT2D eigenvalue weighted by molar-refractivity contribution is 6.05. The summed E-state index contributed by atoms with van der Waals surface area (Å²) in [7, 11) is 0. The third kappa shape index (κ3) is 2.16. The number of fused-ring (bicyclic) bond motifs is 5. The Morgan fingerprint density at radius 1 is 1.09 bits per heavy atom. The van der Waals surface area contributed by atoms with E-state index in [4.69, 9.17) is 15.5 Å². The zero-order valence-corrected chi connectivity index (χ0v) is 18.5. The summed E-state index contributed by atoms with van der Waals surface area (Å²) >= 11 is 0. The van der Waals surface area contributed by atoms with Crippen molar-refractivity contribution in [1.29, 1.82) is 0 Å². The summed E-state index contributed by atoms with van der Waals surface area (Å²) in [6.45, 7) is 3.32. The zero-order chi connectivity index (χ0) is 23.6. The molecule has 1 aromatic heterocycles. The summed E-state index contributed by atoms with van der Waals surface area (Å²) < 4.78 is 8.31. The number of nitrogens with one attached hydrogen (secondary N) is 2. The molecule has 2 amide bonds. The van der Waals surface area contributed by atoms with Crippen molar-refractivity contribution in [2.24, 2.45) is 5.73 Å². The lowest BCUT2D eigenvalue weighted by molar-refractivity contribution is -0.181. The molecule has 5 aliphatic rings. The number of ether oxygens (including phenoxy) is 1. The molecular formula is C24H22N6O4. The quantitative estimate of drug-likeness (QED) is 0.447. The smallest absolute Gasteiger partial charge is 0.263 e. The number of aromatic nitrogens is 2. The molecular weight excluding hydrogens is 436 g/mol. The molecule has 5 unspecified atom stereocenters. The number of carbonyl (C=O) groups excluding carboxylic acids is 2. The molecule has 34 heavy (non-hydrogen) atoms. The van der Waals surface area contributed by atoms with Crippen LogP contribution < -0.4 is 26.8 Å². The number of anilines is 1. The summed E-state index contributed by atoms with van der Waals surface area (Å²) in [6.07, 6.45) is -0.544. The van der Waals surface area contributed by atoms with Crippen LogP contribution in [0, 0.1) is 0 Å². The van der Waals surface area contributed by atoms with E-state index in [0.717, 1.165) is 5.56 Å². The van der Waals surface area contributed by atoms with E-state index in [2.05, 4.69) is 10.6 Å². The third-order valence-corrected chi connectivity index (χ3v) is 7.51. The summed E-state index contributed by atoms with van der Waals surface area (Å²) in [5, 5.41) is 6.62. The van der Waals surface area contributed by atoms with Crippen LogP contribution in [0.4, 0.5) is 5.69 Å². The molecule has 6 heterocycles. The molecule has 5 aliphatic heterocycles. The standard InChI is InChI=1S/C24H22N6O4/c1-22(25)21(33)30-15-10-6-4-8-13(15)24(20(30)28-22)11-16-17(31)27-23(2,34-24)19-26-14-9-5-3-7-12(14)18(32)29(16)19/h3-10,16,20,28H,11,25H2,1-2H3,(H,27,31). The summed E-state index contributed by atoms with van der Waals surface area (Å²) in [6, 6.07) is 13.6. The molecule has 3 aromatic rings. The second kappa shape index (κ2) is 5.90. The number of carbonyl (C=O) groups is 2. The molecule has 2 aromatic carbocycles. The van der Waals surface area contributed by atoms with E-state index in [1.807, 2.05) is 30.3 Å². The molecule has 0 radical (unpaired) electrons. The van der Waals surface area contributed by atoms with E-state index in [1.165, 1.54) is 4.57 Å². The first-order valence-corrected chi connectivity index (χ1v) is 11.2. The van der Waals surface area contributed by atoms with Crippen LogP contribution in [0.2, 0.25) is 0 Å². The van der Waals surface area contributed by atoms with E-state index in [-0.39, 0.29) is 23.8 Å². The van der Waals surface area contributed by atoms with Crippen molar-refractivity contribution >= 4 is 28.4 Å². The topological polar surface area (TPSA) is 132 Å². The van der Waals surface area contributed by atoms with E-state index < -0.39 is 29.2 Å². The van der Waals surface area contributed by atoms with Crippen molar-refractivity contribution in [3.8, 4) is 0 Å². The van der Waals surface area contributed by atoms with Crippen molar-refractivity contribution in [2.45, 2.75) is 49.5 Å². The molecule has 5 atom stereocenters. The Hall–Kier alpha value is -3.60. The minimum Gasteiger partial charge on any atom is -0.334 e. The van der Waals surface area contributed by atoms with E-state index >= 15 is 0 Å². The van der Waals surface area contributed by atoms with Crippen molar-refractivity contribution < 1.29 is 14.3 Å². The molecule has 8 rings (SSSR count). The van der Waals surface area contributed by atoms with Crippen molar-refractivity contribution in [3.63, 3.8) is 0 Å². The molecule has 10 heteroatoms. The SMILES string of the molecule is CC1(N)NC2N(C1=O)c1ccccc1C21CC2C(=O)NC(C)(O1)c1nc3ccccc3c(=O)n12. The lowest BCUT2D eigenvalue weighted by Gasteiger charge is -2.40. The Labute approximate surface area is 193 Å². The summed E-state index contributed by atoms with van der Waals surface area (Å²) in [5.74, 6) is -0.291. The highest BCUT2D eigenvalue weighted by Gasteiger charge is 2.67. The lowest BCUT2D eigenvalue weighted by atomic mass is 9.86. The fraction of sp³-hybridized carbons (Fsp3) is 0.333. The molecule has 4 N–H and O–H groups in total. The van der Waals surface area contributed by atoms with Gasteiger partial charge in [0.05, 0.1) is 16.6 Å². The Kier molecular flexibility index (Phi) is 3.44. The summed E-state index contributed by atoms with van der Waals surface area (Å²) in [5.41, 5.74) is 4.08. The Morgan fingerprint density at radius 3 is 2.65 bits per heavy atom. The van der Waals surface area contributed by atoms with E-state index in [9.17, 15) is 14.4 Å². The van der Waals surface area contributed by atoms with E-state index in [0.29, 0.717) is 22.4 Å². The van der Waals surface area contributed by atoms with Crippen LogP contribution >= 0.6 is 0 Å². The molecule has 2 bridgehead atoms. The molecule has 1 spiro atoms. The van der Waals surface area contributed by atoms with Crippen LogP contribution in [-0.4, -0.2) is 33.2 Å². The van der Waals surface area contributed by atoms with Gasteiger partial charge in [0.15, 0.2) is 11.5 Å². The highest BCUT2D eigenvalue weighted by Crippen LogP contribution is 2.56. The van der Waals surface area contributed by atoms with Crippen LogP contribution in [0.3, 0.4) is 0 Å². The number of amides is 2. The molecule has 0 aliphatic carbocycles. The number of benzene rings is 2. The Balaban J connectivity index is 1.52. The summed E-state index contributed by atoms with van der Waals surface area (Å²) in [4.78, 5) is 46.6. The van der Waals surface area contributed by atoms with Gasteiger partial charge >= 0.3 is 0 Å². The molecule has 0 saturated carbocycles. The minimum atomic E-state index is -1.42. The van der Waals surface area contributed by atoms with Gasteiger partial charge in [0.25, 0.3) is 11.5 Å². The fourth-order valence-electron chi connectivity index (χ4n) is 6.08. The van der Waals surface area contributed by atoms with Gasteiger partial charge in [0, 0.05) is 12.0 Å². The second-order valence-electron chi connectivity index (χ2n) is 9.80. The van der Waals surface area contributed by atoms with Crippen molar-refractivity contribution in [2.75, 3.05) is 4.90 Å². The monoisotopic (exact) mass is 458 g/mol. The predicted octanol–water partition coefficient (Wildman–Crippen LogP) is 0.507. The zero-order valence-electron chi connectivity index (χ0n) is 18.5. The molecule has 2 fully saturated rings. The van der Waals surface area contributed by atoms with Crippen LogP contribution in [0.15, 0.2) is 53.3 Å². The highest BCUT2D eigenvalue weighted by atomic mass is 16.5. The maximum atomic E-state index is 13.6. The number of nitrogens with zero attached hydrogens (tertiary/aromatic N) is 3. The first-order valence-electron chi connectivity index (χ1n) is 11.2. The van der Waals surface area contributed by atoms with Gasteiger partial charge in [-0.1, -0.05) is 30.3 Å². The maximum Gasteiger partial charge on any atom is 0.263 e. The van der Waals surface area contributed by atoms with Crippen LogP contribution in [0.5, 0.6) is 0 Å². The van der Waals surface area contributed by atoms with Crippen molar-refractivity contribution in [1.82, 2.24) is 20.2 Å². The van der Waals surface area contributed by atoms with Gasteiger partial charge in [0.2, 0.25) is 5.91 Å². The van der Waals surface area contributed by atoms with Gasteiger partial charge in [-0.25, -0.2) is 4.98 Å². The van der Waals surface area contributed by atoms with Gasteiger partial charge < -0.3 is 15.8 Å². The normalized spacial score (nSPS) is 35.3. The van der Waals surface area contributed by atoms with Crippen molar-refractivity contribution in [3.05, 3.63) is 70.3 Å². The second-order valence-corrected chi connectivity index (χ2v) is 9.80. The van der Waals surface area contributed by atoms with Crippen LogP contribution in [-0.2, 0) is 25.7 Å². The Bertz CT molecular complexity index is 1510. The molecule has 172 valence electrons. The lowest BCUT2D eigenvalue weighted by Crippen LogP contribution is -2.59. The number of hydrogen-bond donors (Lipinski definition) is 3. The first kappa shape index (κ1) is 19.8. The number of hydrogen-bond acceptors (Lipinski definition) is 7. The number of para-hydroxylation sites is 2. The first-order chi connectivity index (χ1) is 16.2. The fourth-order valence-corrected chi connectivity index (χ4v) is 6.08. The maximum absolute atomic E-state index is 13.6. The molecule has 2 saturated heterocycles. The molecule has 10 nitrogen and oxygen atoms in total. The van der Waals surface area contributed by atoms with Crippen LogP contribution in [0.25, 0.3) is 10.9 Å². The average molecular weight is 458 g/mol. The minimum absolute atomic E-state index is 0.121. The number of nitrogens with two attached hydrogens (primary N) is 1. The van der Waals surface area contributed by atoms with Gasteiger partial charge in [-0.15, -0.1) is 0 Å². The van der Waals surface area contributed by atoms with Gasteiger partial charge in [-0.05, 0) is 32.0 Å². The van der Waals surface area contributed by atoms with Gasteiger partial charge in [-0.2, -0.15) is 0 Å². The average Bonchev–Trinajstić information content (AvgIpc) is 3.08. The van der Waals surface area contributed by atoms with Crippen LogP contribution in [0.1, 0.15) is 37.7 Å². The predicted molar refractivity (Wildman–Crippen MR) is 121 cm³/mol. The largest absolute Gasteiger partial charge is 0.334 e. The Morgan fingerprint density at radius 2 is 1.82 bits per heavy atom. The third-order valence-electron chi connectivity index (χ3n) is 7.51. The van der Waals surface area contributed by atoms with Gasteiger partial charge in [0.1, 0.15) is 23.5 Å². The van der Waals surface area contributed by atoms with Gasteiger partial charge in [-0.3, -0.25) is 29.2 Å². The van der Waals surface area contributed by atoms with E-state index in [1.54, 1.807) is 36.9 Å². The number of rotatable bonds is 0.